The van der Waals surface area contributed by atoms with E-state index in [-0.39, 0.29) is 19.2 Å². The van der Waals surface area contributed by atoms with Crippen LogP contribution >= 0.6 is 0 Å². The average Bonchev–Trinajstić information content (AvgIpc) is 2.85. The first-order chi connectivity index (χ1) is 12.9. The van der Waals surface area contributed by atoms with E-state index in [1.807, 2.05) is 0 Å². The van der Waals surface area contributed by atoms with Crippen LogP contribution in [0.2, 0.25) is 0 Å². The Bertz CT molecular complexity index is 1120. The topological polar surface area (TPSA) is 95.6 Å². The zero-order valence-corrected chi connectivity index (χ0v) is 15.5. The van der Waals surface area contributed by atoms with Crippen molar-refractivity contribution in [2.24, 2.45) is 0 Å². The van der Waals surface area contributed by atoms with Gasteiger partial charge in [-0.05, 0) is 30.3 Å². The molecule has 0 spiro atoms. The maximum Gasteiger partial charge on any atom is 0.501 e. The molecule has 13 heteroatoms. The number of nitrogens with zero attached hydrogens (tertiary/aromatic N) is 1. The lowest BCUT2D eigenvalue weighted by atomic mass is 10.2. The summed E-state index contributed by atoms with van der Waals surface area (Å²) in [4.78, 5) is -1.28. The summed E-state index contributed by atoms with van der Waals surface area (Å²) >= 11 is 0. The monoisotopic (exact) mass is 439 g/mol. The minimum Gasteiger partial charge on any atom is -0.382 e. The zero-order valence-electron chi connectivity index (χ0n) is 13.9. The number of alkyl halides is 3. The second-order valence-corrected chi connectivity index (χ2v) is 9.22. The molecule has 1 aliphatic rings. The van der Waals surface area contributed by atoms with Gasteiger partial charge in [-0.2, -0.15) is 21.6 Å². The summed E-state index contributed by atoms with van der Waals surface area (Å²) < 4.78 is 103. The fourth-order valence-electron chi connectivity index (χ4n) is 2.62. The van der Waals surface area contributed by atoms with E-state index in [1.54, 1.807) is 12.1 Å². The number of anilines is 3. The minimum atomic E-state index is -5.80. The number of hydrogen-bond donors (Lipinski definition) is 2. The van der Waals surface area contributed by atoms with Crippen LogP contribution in [0.1, 0.15) is 0 Å². The van der Waals surface area contributed by atoms with Gasteiger partial charge >= 0.3 is 15.7 Å². The van der Waals surface area contributed by atoms with E-state index < -0.39 is 42.0 Å². The van der Waals surface area contributed by atoms with E-state index in [0.717, 1.165) is 16.4 Å². The second kappa shape index (κ2) is 6.81. The lowest BCUT2D eigenvalue weighted by Crippen LogP contribution is -2.34. The van der Waals surface area contributed by atoms with Gasteiger partial charge in [-0.25, -0.2) is 17.1 Å². The molecule has 0 amide bonds. The van der Waals surface area contributed by atoms with Crippen molar-refractivity contribution in [3.63, 3.8) is 0 Å². The average molecular weight is 439 g/mol. The van der Waals surface area contributed by atoms with Gasteiger partial charge < -0.3 is 5.32 Å². The third-order valence-electron chi connectivity index (χ3n) is 3.87. The summed E-state index contributed by atoms with van der Waals surface area (Å²) in [5.74, 6) is -1.16. The predicted octanol–water partition coefficient (Wildman–Crippen LogP) is 2.71. The Balaban J connectivity index is 1.83. The summed E-state index contributed by atoms with van der Waals surface area (Å²) in [6, 6.07) is 8.19. The molecule has 0 saturated heterocycles. The molecule has 152 valence electrons. The van der Waals surface area contributed by atoms with Crippen LogP contribution < -0.4 is 14.3 Å². The highest BCUT2D eigenvalue weighted by Gasteiger charge is 2.48. The van der Waals surface area contributed by atoms with Crippen molar-refractivity contribution >= 4 is 37.1 Å². The van der Waals surface area contributed by atoms with E-state index in [4.69, 9.17) is 0 Å². The summed E-state index contributed by atoms with van der Waals surface area (Å²) in [5, 5.41) is 2.43. The Hall–Kier alpha value is -2.54. The standard InChI is InChI=1S/C15H13F4N3O4S2/c16-10-5-6-12(14(9-10)27(23,24)15(17,18)19)20-7-8-22-13-4-2-1-3-11(13)21-28(22,25)26/h1-6,9,20-21H,7-8H2. The van der Waals surface area contributed by atoms with E-state index in [1.165, 1.54) is 12.1 Å². The Morgan fingerprint density at radius 3 is 2.46 bits per heavy atom. The van der Waals surface area contributed by atoms with Gasteiger partial charge in [-0.1, -0.05) is 12.1 Å². The van der Waals surface area contributed by atoms with Crippen LogP contribution in [0.3, 0.4) is 0 Å². The zero-order chi connectivity index (χ0) is 20.7. The molecule has 2 N–H and O–H groups in total. The van der Waals surface area contributed by atoms with Crippen molar-refractivity contribution in [3.05, 3.63) is 48.3 Å². The maximum atomic E-state index is 13.3. The van der Waals surface area contributed by atoms with Gasteiger partial charge in [0, 0.05) is 6.54 Å². The Labute approximate surface area is 158 Å². The molecule has 0 radical (unpaired) electrons. The van der Waals surface area contributed by atoms with Gasteiger partial charge in [0.25, 0.3) is 9.84 Å². The summed E-state index contributed by atoms with van der Waals surface area (Å²) in [6.45, 7) is -0.448. The number of benzene rings is 2. The largest absolute Gasteiger partial charge is 0.501 e. The van der Waals surface area contributed by atoms with Crippen LogP contribution in [0.5, 0.6) is 0 Å². The molecular weight excluding hydrogens is 426 g/mol. The van der Waals surface area contributed by atoms with Crippen LogP contribution in [-0.2, 0) is 20.0 Å². The van der Waals surface area contributed by atoms with Crippen molar-refractivity contribution in [2.75, 3.05) is 27.4 Å². The van der Waals surface area contributed by atoms with Crippen molar-refractivity contribution in [1.29, 1.82) is 0 Å². The molecule has 0 unspecified atom stereocenters. The number of para-hydroxylation sites is 2. The molecule has 1 aliphatic heterocycles. The highest BCUT2D eigenvalue weighted by Crippen LogP contribution is 2.36. The van der Waals surface area contributed by atoms with Crippen molar-refractivity contribution < 1.29 is 34.4 Å². The number of rotatable bonds is 5. The molecule has 0 fully saturated rings. The molecule has 0 aliphatic carbocycles. The van der Waals surface area contributed by atoms with E-state index in [9.17, 15) is 34.4 Å². The first kappa shape index (κ1) is 20.2. The van der Waals surface area contributed by atoms with Gasteiger partial charge in [0.2, 0.25) is 0 Å². The molecule has 3 rings (SSSR count). The molecule has 28 heavy (non-hydrogen) atoms. The van der Waals surface area contributed by atoms with Crippen LogP contribution in [0.25, 0.3) is 0 Å². The molecule has 0 aromatic heterocycles. The first-order valence-corrected chi connectivity index (χ1v) is 10.6. The van der Waals surface area contributed by atoms with Gasteiger partial charge in [0.15, 0.2) is 0 Å². The van der Waals surface area contributed by atoms with Crippen molar-refractivity contribution in [2.45, 2.75) is 10.4 Å². The number of hydrogen-bond acceptors (Lipinski definition) is 5. The molecule has 0 bridgehead atoms. The molecule has 2 aromatic rings. The SMILES string of the molecule is O=S1(=O)Nc2ccccc2N1CCNc1ccc(F)cc1S(=O)(=O)C(F)(F)F. The van der Waals surface area contributed by atoms with E-state index in [2.05, 4.69) is 10.0 Å². The van der Waals surface area contributed by atoms with Gasteiger partial charge in [-0.15, -0.1) is 0 Å². The highest BCUT2D eigenvalue weighted by molar-refractivity contribution is 7.94. The first-order valence-electron chi connectivity index (χ1n) is 7.68. The molecule has 0 saturated carbocycles. The Kier molecular flexibility index (Phi) is 4.91. The molecule has 0 atom stereocenters. The maximum absolute atomic E-state index is 13.3. The normalized spacial score (nSPS) is 15.8. The molecule has 2 aromatic carbocycles. The number of halogens is 4. The summed E-state index contributed by atoms with van der Waals surface area (Å²) in [6.07, 6.45) is 0. The number of fused-ring (bicyclic) bond motifs is 1. The predicted molar refractivity (Wildman–Crippen MR) is 94.5 cm³/mol. The van der Waals surface area contributed by atoms with Crippen molar-refractivity contribution in [3.8, 4) is 0 Å². The number of nitrogens with one attached hydrogen (secondary N) is 2. The molecule has 1 heterocycles. The van der Waals surface area contributed by atoms with Gasteiger partial charge in [0.05, 0.1) is 23.6 Å². The summed E-state index contributed by atoms with van der Waals surface area (Å²) in [5.41, 5.74) is -5.43. The summed E-state index contributed by atoms with van der Waals surface area (Å²) in [7, 11) is -9.68. The Morgan fingerprint density at radius 1 is 1.11 bits per heavy atom. The fraction of sp³-hybridized carbons (Fsp3) is 0.200. The van der Waals surface area contributed by atoms with E-state index >= 15 is 0 Å². The number of sulfone groups is 1. The quantitative estimate of drug-likeness (QED) is 0.699. The van der Waals surface area contributed by atoms with Crippen LogP contribution in [0.15, 0.2) is 47.4 Å². The lowest BCUT2D eigenvalue weighted by Gasteiger charge is -2.19. The third kappa shape index (κ3) is 3.58. The van der Waals surface area contributed by atoms with Crippen LogP contribution in [0, 0.1) is 5.82 Å². The van der Waals surface area contributed by atoms with Gasteiger partial charge in [-0.3, -0.25) is 4.72 Å². The molecular formula is C15H13F4N3O4S2. The van der Waals surface area contributed by atoms with Crippen LogP contribution in [-0.4, -0.2) is 35.4 Å². The van der Waals surface area contributed by atoms with E-state index in [0.29, 0.717) is 11.4 Å². The highest BCUT2D eigenvalue weighted by atomic mass is 32.2. The Morgan fingerprint density at radius 2 is 1.79 bits per heavy atom. The van der Waals surface area contributed by atoms with Crippen LogP contribution in [0.4, 0.5) is 34.6 Å². The lowest BCUT2D eigenvalue weighted by molar-refractivity contribution is -0.0435. The smallest absolute Gasteiger partial charge is 0.382 e. The molecule has 7 nitrogen and oxygen atoms in total. The van der Waals surface area contributed by atoms with Crippen molar-refractivity contribution in [1.82, 2.24) is 0 Å². The third-order valence-corrected chi connectivity index (χ3v) is 6.83. The second-order valence-electron chi connectivity index (χ2n) is 5.71. The fourth-order valence-corrected chi connectivity index (χ4v) is 4.88. The van der Waals surface area contributed by atoms with Gasteiger partial charge in [0.1, 0.15) is 10.7 Å². The minimum absolute atomic E-state index is 0.213.